The average Bonchev–Trinajstić information content (AvgIpc) is 3.24. The van der Waals surface area contributed by atoms with Crippen molar-refractivity contribution in [2.24, 2.45) is 0 Å². The van der Waals surface area contributed by atoms with Gasteiger partial charge in [0.05, 0.1) is 12.4 Å². The quantitative estimate of drug-likeness (QED) is 0.721. The molecular weight excluding hydrogens is 324 g/mol. The Balaban J connectivity index is 1.70. The third-order valence-corrected chi connectivity index (χ3v) is 4.84. The fourth-order valence-corrected chi connectivity index (χ4v) is 3.55. The highest BCUT2D eigenvalue weighted by atomic mass is 35.5. The lowest BCUT2D eigenvalue weighted by Crippen LogP contribution is -2.10. The van der Waals surface area contributed by atoms with Crippen LogP contribution in [0.4, 0.5) is 5.82 Å². The number of hydrogen-bond acceptors (Lipinski definition) is 5. The van der Waals surface area contributed by atoms with Crippen molar-refractivity contribution in [3.05, 3.63) is 41.7 Å². The molecule has 3 aromatic heterocycles. The smallest absolute Gasteiger partial charge is 0.226 e. The molecule has 6 nitrogen and oxygen atoms in total. The number of fused-ring (bicyclic) bond motifs is 1. The maximum Gasteiger partial charge on any atom is 0.226 e. The van der Waals surface area contributed by atoms with E-state index in [-0.39, 0.29) is 11.3 Å². The van der Waals surface area contributed by atoms with E-state index in [1.54, 1.807) is 12.4 Å². The normalized spacial score (nSPS) is 16.6. The van der Waals surface area contributed by atoms with Gasteiger partial charge in [0.2, 0.25) is 5.28 Å². The van der Waals surface area contributed by atoms with E-state index >= 15 is 0 Å². The number of nitrogens with one attached hydrogen (secondary N) is 1. The van der Waals surface area contributed by atoms with E-state index < -0.39 is 0 Å². The molecule has 4 rings (SSSR count). The van der Waals surface area contributed by atoms with E-state index in [1.807, 2.05) is 18.5 Å². The van der Waals surface area contributed by atoms with E-state index in [0.717, 1.165) is 16.7 Å². The number of halogens is 1. The van der Waals surface area contributed by atoms with Crippen LogP contribution in [0.2, 0.25) is 5.28 Å². The standard InChI is InChI=1S/C17H19ClN6/c1-11(12-6-8-19-9-7-12)21-15-14-16(23-17(18)22-15)24(10-20-14)13-4-2-3-5-13/h6-11,13H,2-5H2,1H3,(H,21,22,23). The van der Waals surface area contributed by atoms with Crippen molar-refractivity contribution in [2.75, 3.05) is 5.32 Å². The molecule has 0 amide bonds. The van der Waals surface area contributed by atoms with Crippen LogP contribution < -0.4 is 5.32 Å². The zero-order valence-corrected chi connectivity index (χ0v) is 14.2. The fourth-order valence-electron chi connectivity index (χ4n) is 3.38. The summed E-state index contributed by atoms with van der Waals surface area (Å²) in [7, 11) is 0. The van der Waals surface area contributed by atoms with Gasteiger partial charge in [-0.15, -0.1) is 0 Å². The fraction of sp³-hybridized carbons (Fsp3) is 0.412. The zero-order chi connectivity index (χ0) is 16.5. The third-order valence-electron chi connectivity index (χ3n) is 4.67. The van der Waals surface area contributed by atoms with Crippen LogP contribution in [0.1, 0.15) is 50.3 Å². The molecule has 1 fully saturated rings. The first kappa shape index (κ1) is 15.3. The van der Waals surface area contributed by atoms with Crippen molar-refractivity contribution < 1.29 is 0 Å². The zero-order valence-electron chi connectivity index (χ0n) is 13.5. The summed E-state index contributed by atoms with van der Waals surface area (Å²) in [6, 6.07) is 4.49. The minimum Gasteiger partial charge on any atom is -0.362 e. The van der Waals surface area contributed by atoms with E-state index in [2.05, 4.69) is 36.7 Å². The molecule has 0 radical (unpaired) electrons. The van der Waals surface area contributed by atoms with Crippen LogP contribution in [0.5, 0.6) is 0 Å². The Morgan fingerprint density at radius 2 is 1.96 bits per heavy atom. The minimum atomic E-state index is 0.0683. The molecule has 1 atom stereocenters. The summed E-state index contributed by atoms with van der Waals surface area (Å²) >= 11 is 6.18. The highest BCUT2D eigenvalue weighted by Crippen LogP contribution is 2.33. The summed E-state index contributed by atoms with van der Waals surface area (Å²) in [5.41, 5.74) is 2.71. The van der Waals surface area contributed by atoms with Crippen molar-refractivity contribution in [3.8, 4) is 0 Å². The number of anilines is 1. The van der Waals surface area contributed by atoms with Gasteiger partial charge in [0.1, 0.15) is 0 Å². The summed E-state index contributed by atoms with van der Waals surface area (Å²) in [6.07, 6.45) is 10.3. The van der Waals surface area contributed by atoms with Gasteiger partial charge in [-0.3, -0.25) is 4.98 Å². The first-order valence-electron chi connectivity index (χ1n) is 8.29. The van der Waals surface area contributed by atoms with Crippen LogP contribution >= 0.6 is 11.6 Å². The highest BCUT2D eigenvalue weighted by molar-refractivity contribution is 6.28. The van der Waals surface area contributed by atoms with Gasteiger partial charge in [0, 0.05) is 18.4 Å². The highest BCUT2D eigenvalue weighted by Gasteiger charge is 2.22. The van der Waals surface area contributed by atoms with Crippen molar-refractivity contribution >= 4 is 28.6 Å². The Bertz CT molecular complexity index is 841. The van der Waals surface area contributed by atoms with Gasteiger partial charge in [0.15, 0.2) is 17.0 Å². The van der Waals surface area contributed by atoms with Gasteiger partial charge in [-0.2, -0.15) is 9.97 Å². The molecule has 0 aliphatic heterocycles. The third kappa shape index (κ3) is 2.82. The summed E-state index contributed by atoms with van der Waals surface area (Å²) in [5.74, 6) is 0.672. The topological polar surface area (TPSA) is 68.5 Å². The maximum atomic E-state index is 6.18. The monoisotopic (exact) mass is 342 g/mol. The summed E-state index contributed by atoms with van der Waals surface area (Å²) < 4.78 is 2.15. The molecule has 24 heavy (non-hydrogen) atoms. The summed E-state index contributed by atoms with van der Waals surface area (Å²) in [4.78, 5) is 17.4. The Morgan fingerprint density at radius 1 is 1.21 bits per heavy atom. The maximum absolute atomic E-state index is 6.18. The number of pyridine rings is 1. The van der Waals surface area contributed by atoms with Crippen molar-refractivity contribution in [1.82, 2.24) is 24.5 Å². The van der Waals surface area contributed by atoms with Crippen LogP contribution in [-0.4, -0.2) is 24.5 Å². The van der Waals surface area contributed by atoms with E-state index in [9.17, 15) is 0 Å². The van der Waals surface area contributed by atoms with Gasteiger partial charge in [-0.25, -0.2) is 4.98 Å². The summed E-state index contributed by atoms with van der Waals surface area (Å²) in [5, 5.41) is 3.65. The van der Waals surface area contributed by atoms with Crippen molar-refractivity contribution in [3.63, 3.8) is 0 Å². The predicted molar refractivity (Wildman–Crippen MR) is 94.1 cm³/mol. The van der Waals surface area contributed by atoms with Crippen LogP contribution in [0.15, 0.2) is 30.9 Å². The molecule has 0 bridgehead atoms. The van der Waals surface area contributed by atoms with Crippen LogP contribution in [0.3, 0.4) is 0 Å². The van der Waals surface area contributed by atoms with Gasteiger partial charge in [0.25, 0.3) is 0 Å². The molecule has 1 unspecified atom stereocenters. The molecule has 0 saturated heterocycles. The molecule has 3 aromatic rings. The first-order valence-corrected chi connectivity index (χ1v) is 8.66. The van der Waals surface area contributed by atoms with E-state index in [0.29, 0.717) is 11.9 Å². The lowest BCUT2D eigenvalue weighted by atomic mass is 10.1. The number of aromatic nitrogens is 5. The second-order valence-electron chi connectivity index (χ2n) is 6.25. The molecule has 1 aliphatic rings. The minimum absolute atomic E-state index is 0.0683. The molecule has 124 valence electrons. The Hall–Kier alpha value is -2.21. The molecule has 1 N–H and O–H groups in total. The van der Waals surface area contributed by atoms with Gasteiger partial charge in [-0.1, -0.05) is 12.8 Å². The van der Waals surface area contributed by atoms with Crippen LogP contribution in [0, 0.1) is 0 Å². The predicted octanol–water partition coefficient (Wildman–Crippen LogP) is 4.16. The molecule has 7 heteroatoms. The van der Waals surface area contributed by atoms with E-state index in [4.69, 9.17) is 11.6 Å². The molecule has 0 aromatic carbocycles. The lowest BCUT2D eigenvalue weighted by molar-refractivity contribution is 0.529. The Labute approximate surface area is 145 Å². The van der Waals surface area contributed by atoms with Crippen molar-refractivity contribution in [1.29, 1.82) is 0 Å². The number of imidazole rings is 1. The molecule has 1 saturated carbocycles. The van der Waals surface area contributed by atoms with Gasteiger partial charge in [-0.05, 0) is 49.1 Å². The number of nitrogens with zero attached hydrogens (tertiary/aromatic N) is 5. The molecule has 3 heterocycles. The second-order valence-corrected chi connectivity index (χ2v) is 6.59. The molecular formula is C17H19ClN6. The second kappa shape index (κ2) is 6.36. The summed E-state index contributed by atoms with van der Waals surface area (Å²) in [6.45, 7) is 2.07. The Morgan fingerprint density at radius 3 is 2.71 bits per heavy atom. The van der Waals surface area contributed by atoms with Gasteiger partial charge >= 0.3 is 0 Å². The number of hydrogen-bond donors (Lipinski definition) is 1. The molecule has 1 aliphatic carbocycles. The number of rotatable bonds is 4. The largest absolute Gasteiger partial charge is 0.362 e. The SMILES string of the molecule is CC(Nc1nc(Cl)nc2c1ncn2C1CCCC1)c1ccncc1. The van der Waals surface area contributed by atoms with Gasteiger partial charge < -0.3 is 9.88 Å². The Kier molecular flexibility index (Phi) is 4.06. The van der Waals surface area contributed by atoms with E-state index in [1.165, 1.54) is 25.7 Å². The van der Waals surface area contributed by atoms with Crippen LogP contribution in [0.25, 0.3) is 11.2 Å². The lowest BCUT2D eigenvalue weighted by Gasteiger charge is -2.16. The first-order chi connectivity index (χ1) is 11.7. The average molecular weight is 343 g/mol. The molecule has 0 spiro atoms. The van der Waals surface area contributed by atoms with Crippen LogP contribution in [-0.2, 0) is 0 Å². The van der Waals surface area contributed by atoms with Crippen molar-refractivity contribution in [2.45, 2.75) is 44.7 Å².